The van der Waals surface area contributed by atoms with Gasteiger partial charge in [0.15, 0.2) is 5.82 Å². The molecule has 0 aromatic carbocycles. The van der Waals surface area contributed by atoms with E-state index in [1.807, 2.05) is 12.1 Å². The van der Waals surface area contributed by atoms with Gasteiger partial charge in [0.2, 0.25) is 0 Å². The third-order valence-electron chi connectivity index (χ3n) is 4.90. The summed E-state index contributed by atoms with van der Waals surface area (Å²) in [4.78, 5) is 38.4. The maximum Gasteiger partial charge on any atom is 0.332 e. The topological polar surface area (TPSA) is 108 Å². The average Bonchev–Trinajstić information content (AvgIpc) is 3.40. The fourth-order valence-corrected chi connectivity index (χ4v) is 3.62. The molecule has 158 valence electrons. The second kappa shape index (κ2) is 9.10. The van der Waals surface area contributed by atoms with Crippen LogP contribution in [0.4, 0.5) is 5.82 Å². The summed E-state index contributed by atoms with van der Waals surface area (Å²) in [6, 6.07) is 5.44. The summed E-state index contributed by atoms with van der Waals surface area (Å²) in [5, 5.41) is 4.26. The molecule has 0 bridgehead atoms. The second-order valence-electron chi connectivity index (χ2n) is 7.00. The zero-order chi connectivity index (χ0) is 21.8. The van der Waals surface area contributed by atoms with Crippen LogP contribution in [0.25, 0.3) is 11.6 Å². The molecule has 0 atom stereocenters. The predicted octanol–water partition coefficient (Wildman–Crippen LogP) is 2.33. The first kappa shape index (κ1) is 20.8. The Morgan fingerprint density at radius 3 is 2.84 bits per heavy atom. The van der Waals surface area contributed by atoms with Crippen LogP contribution in [0.5, 0.6) is 0 Å². The maximum absolute atomic E-state index is 12.9. The third kappa shape index (κ3) is 4.34. The number of aliphatic imine (C=N–C) groups is 1. The first-order valence-electron chi connectivity index (χ1n) is 9.85. The highest BCUT2D eigenvalue weighted by atomic mass is 35.5. The van der Waals surface area contributed by atoms with Crippen molar-refractivity contribution >= 4 is 22.6 Å². The van der Waals surface area contributed by atoms with Crippen LogP contribution in [0.3, 0.4) is 0 Å². The molecule has 0 saturated carbocycles. The van der Waals surface area contributed by atoms with Crippen molar-refractivity contribution in [2.24, 2.45) is 4.99 Å². The Hall–Kier alpha value is -3.51. The largest absolute Gasteiger partial charge is 0.332 e. The Morgan fingerprint density at radius 2 is 2.06 bits per heavy atom. The molecular formula is C21H19ClN6O3. The van der Waals surface area contributed by atoms with Crippen LogP contribution in [0.2, 0.25) is 0 Å². The van der Waals surface area contributed by atoms with Gasteiger partial charge < -0.3 is 4.52 Å². The minimum atomic E-state index is -0.425. The molecule has 9 nitrogen and oxygen atoms in total. The van der Waals surface area contributed by atoms with Crippen LogP contribution in [0.1, 0.15) is 30.7 Å². The molecule has 0 aliphatic carbocycles. The summed E-state index contributed by atoms with van der Waals surface area (Å²) in [6.07, 6.45) is 9.39. The number of aromatic nitrogens is 5. The van der Waals surface area contributed by atoms with Crippen LogP contribution in [-0.4, -0.2) is 29.4 Å². The number of nitrogens with zero attached hydrogens (tertiary/aromatic N) is 6. The molecule has 0 fully saturated rings. The Labute approximate surface area is 182 Å². The van der Waals surface area contributed by atoms with Gasteiger partial charge in [0.1, 0.15) is 16.7 Å². The van der Waals surface area contributed by atoms with Gasteiger partial charge >= 0.3 is 5.69 Å². The number of unbranched alkanes of at least 4 members (excludes halogenated alkanes) is 1. The highest BCUT2D eigenvalue weighted by molar-refractivity contribution is 6.66. The standard InChI is InChI=1S/C21H19ClN6O3/c1-2-3-11-27-18-14(13-16(22)24-18)20(29)28(21(27)30)12-7-5-9-17-25-19(31-26-17)15-8-4-6-10-23-15/h1,4,6,8,10H,3,5,7,9,11-13H2. The summed E-state index contributed by atoms with van der Waals surface area (Å²) in [7, 11) is 0. The molecule has 1 aliphatic rings. The van der Waals surface area contributed by atoms with E-state index in [1.165, 1.54) is 9.13 Å². The van der Waals surface area contributed by atoms with Crippen molar-refractivity contribution in [1.82, 2.24) is 24.3 Å². The first-order chi connectivity index (χ1) is 15.1. The number of halogens is 1. The minimum Gasteiger partial charge on any atom is -0.332 e. The lowest BCUT2D eigenvalue weighted by Gasteiger charge is -2.13. The highest BCUT2D eigenvalue weighted by Crippen LogP contribution is 2.24. The molecule has 0 N–H and O–H groups in total. The average molecular weight is 439 g/mol. The predicted molar refractivity (Wildman–Crippen MR) is 116 cm³/mol. The van der Waals surface area contributed by atoms with E-state index in [2.05, 4.69) is 26.0 Å². The van der Waals surface area contributed by atoms with E-state index in [0.717, 1.165) is 0 Å². The molecule has 0 saturated heterocycles. The van der Waals surface area contributed by atoms with E-state index in [4.69, 9.17) is 22.5 Å². The Bertz CT molecular complexity index is 1280. The summed E-state index contributed by atoms with van der Waals surface area (Å²) >= 11 is 6.02. The number of fused-ring (bicyclic) bond motifs is 1. The smallest absolute Gasteiger partial charge is 0.332 e. The zero-order valence-corrected chi connectivity index (χ0v) is 17.4. The van der Waals surface area contributed by atoms with E-state index in [9.17, 15) is 9.59 Å². The van der Waals surface area contributed by atoms with Crippen molar-refractivity contribution < 1.29 is 4.52 Å². The van der Waals surface area contributed by atoms with E-state index in [1.54, 1.807) is 12.3 Å². The Morgan fingerprint density at radius 1 is 1.19 bits per heavy atom. The SMILES string of the molecule is C#CCCn1c2c(c(=O)n(CCCCc3noc(-c4ccccn4)n3)c1=O)CC(Cl)=N2. The van der Waals surface area contributed by atoms with Crippen LogP contribution in [0.15, 0.2) is 43.5 Å². The van der Waals surface area contributed by atoms with Gasteiger partial charge in [-0.15, -0.1) is 12.3 Å². The fourth-order valence-electron chi connectivity index (χ4n) is 3.40. The number of hydrogen-bond donors (Lipinski definition) is 0. The number of aryl methyl sites for hydroxylation is 1. The van der Waals surface area contributed by atoms with E-state index in [-0.39, 0.29) is 25.1 Å². The van der Waals surface area contributed by atoms with Crippen molar-refractivity contribution in [3.63, 3.8) is 0 Å². The quantitative estimate of drug-likeness (QED) is 0.394. The van der Waals surface area contributed by atoms with Crippen molar-refractivity contribution in [3.8, 4) is 23.9 Å². The second-order valence-corrected chi connectivity index (χ2v) is 7.44. The van der Waals surface area contributed by atoms with Crippen molar-refractivity contribution in [2.75, 3.05) is 0 Å². The van der Waals surface area contributed by atoms with Crippen molar-refractivity contribution in [1.29, 1.82) is 0 Å². The van der Waals surface area contributed by atoms with Crippen LogP contribution < -0.4 is 11.2 Å². The summed E-state index contributed by atoms with van der Waals surface area (Å²) in [5.74, 6) is 3.74. The number of terminal acetylenes is 1. The summed E-state index contributed by atoms with van der Waals surface area (Å²) in [5.41, 5.74) is 0.263. The molecule has 3 aromatic rings. The Kier molecular flexibility index (Phi) is 6.09. The highest BCUT2D eigenvalue weighted by Gasteiger charge is 2.24. The molecule has 31 heavy (non-hydrogen) atoms. The van der Waals surface area contributed by atoms with Gasteiger partial charge in [-0.1, -0.05) is 22.8 Å². The monoisotopic (exact) mass is 438 g/mol. The van der Waals surface area contributed by atoms with E-state index < -0.39 is 5.69 Å². The molecule has 4 rings (SSSR count). The van der Waals surface area contributed by atoms with Crippen molar-refractivity contribution in [3.05, 3.63) is 56.6 Å². The van der Waals surface area contributed by atoms with E-state index >= 15 is 0 Å². The zero-order valence-electron chi connectivity index (χ0n) is 16.6. The van der Waals surface area contributed by atoms with Gasteiger partial charge in [0.25, 0.3) is 11.4 Å². The van der Waals surface area contributed by atoms with Gasteiger partial charge in [0, 0.05) is 38.5 Å². The lowest BCUT2D eigenvalue weighted by atomic mass is 10.2. The normalized spacial score (nSPS) is 12.5. The minimum absolute atomic E-state index is 0.227. The van der Waals surface area contributed by atoms with Gasteiger partial charge in [-0.05, 0) is 25.0 Å². The number of pyridine rings is 1. The van der Waals surface area contributed by atoms with Gasteiger partial charge in [-0.25, -0.2) is 9.79 Å². The molecular weight excluding hydrogens is 420 g/mol. The molecule has 0 radical (unpaired) electrons. The van der Waals surface area contributed by atoms with Crippen LogP contribution in [-0.2, 0) is 25.9 Å². The molecule has 1 aliphatic heterocycles. The molecule has 0 amide bonds. The summed E-state index contributed by atoms with van der Waals surface area (Å²) in [6.45, 7) is 0.550. The maximum atomic E-state index is 12.9. The van der Waals surface area contributed by atoms with Gasteiger partial charge in [-0.2, -0.15) is 4.98 Å². The molecule has 0 spiro atoms. The van der Waals surface area contributed by atoms with E-state index in [0.29, 0.717) is 59.6 Å². The fraction of sp³-hybridized carbons (Fsp3) is 0.333. The summed E-state index contributed by atoms with van der Waals surface area (Å²) < 4.78 is 7.91. The first-order valence-corrected chi connectivity index (χ1v) is 10.2. The van der Waals surface area contributed by atoms with Gasteiger partial charge in [0.05, 0.1) is 5.56 Å². The van der Waals surface area contributed by atoms with Crippen LogP contribution in [0, 0.1) is 12.3 Å². The lowest BCUT2D eigenvalue weighted by molar-refractivity contribution is 0.419. The van der Waals surface area contributed by atoms with Crippen molar-refractivity contribution in [2.45, 2.75) is 45.2 Å². The third-order valence-corrected chi connectivity index (χ3v) is 5.12. The molecule has 10 heteroatoms. The Balaban J connectivity index is 1.44. The van der Waals surface area contributed by atoms with Gasteiger partial charge in [-0.3, -0.25) is 18.9 Å². The van der Waals surface area contributed by atoms with Crippen LogP contribution >= 0.6 is 11.6 Å². The number of hydrogen-bond acceptors (Lipinski definition) is 7. The molecule has 0 unspecified atom stereocenters. The lowest BCUT2D eigenvalue weighted by Crippen LogP contribution is -2.41. The molecule has 4 heterocycles. The number of rotatable bonds is 8. The molecule has 3 aromatic heterocycles.